The van der Waals surface area contributed by atoms with Crippen LogP contribution in [0, 0.1) is 6.92 Å². The second-order valence-corrected chi connectivity index (χ2v) is 5.87. The number of nitrogens with zero attached hydrogens (tertiary/aromatic N) is 2. The maximum absolute atomic E-state index is 11.8. The highest BCUT2D eigenvalue weighted by Gasteiger charge is 2.25. The smallest absolute Gasteiger partial charge is 0.408 e. The Kier molecular flexibility index (Phi) is 5.16. The number of hydrogen-bond donors (Lipinski definition) is 1. The fraction of sp³-hybridized carbons (Fsp3) is 0.615. The topological polar surface area (TPSA) is 73.2 Å². The number of carbonyl (C=O) groups excluding carboxylic acids is 2. The Balaban J connectivity index is 2.95. The van der Waals surface area contributed by atoms with Crippen LogP contribution in [0.25, 0.3) is 0 Å². The Hall–Kier alpha value is -1.56. The zero-order valence-corrected chi connectivity index (χ0v) is 13.1. The second kappa shape index (κ2) is 6.26. The van der Waals surface area contributed by atoms with Crippen LogP contribution in [-0.4, -0.2) is 27.8 Å². The van der Waals surface area contributed by atoms with E-state index in [0.29, 0.717) is 16.4 Å². The molecule has 0 aliphatic carbocycles. The van der Waals surface area contributed by atoms with E-state index in [9.17, 15) is 9.59 Å². The van der Waals surface area contributed by atoms with Crippen molar-refractivity contribution in [2.45, 2.75) is 45.8 Å². The van der Waals surface area contributed by atoms with Crippen LogP contribution in [0.3, 0.4) is 0 Å². The van der Waals surface area contributed by atoms with Crippen molar-refractivity contribution >= 4 is 24.0 Å². The van der Waals surface area contributed by atoms with Gasteiger partial charge in [0, 0.05) is 19.0 Å². The molecule has 7 heteroatoms. The molecule has 0 aromatic carbocycles. The van der Waals surface area contributed by atoms with Gasteiger partial charge in [-0.15, -0.1) is 0 Å². The maximum atomic E-state index is 11.8. The largest absolute Gasteiger partial charge is 0.444 e. The van der Waals surface area contributed by atoms with E-state index < -0.39 is 17.7 Å². The number of aldehydes is 1. The molecule has 0 saturated heterocycles. The van der Waals surface area contributed by atoms with Gasteiger partial charge in [0.2, 0.25) is 0 Å². The van der Waals surface area contributed by atoms with Crippen molar-refractivity contribution in [3.8, 4) is 0 Å². The van der Waals surface area contributed by atoms with Crippen molar-refractivity contribution in [2.24, 2.45) is 7.05 Å². The highest BCUT2D eigenvalue weighted by molar-refractivity contribution is 6.30. The fourth-order valence-electron chi connectivity index (χ4n) is 1.84. The average molecular weight is 302 g/mol. The van der Waals surface area contributed by atoms with Crippen LogP contribution >= 0.6 is 11.6 Å². The molecule has 0 unspecified atom stereocenters. The van der Waals surface area contributed by atoms with Gasteiger partial charge in [0.1, 0.15) is 17.0 Å². The Labute approximate surface area is 123 Å². The van der Waals surface area contributed by atoms with Gasteiger partial charge in [-0.3, -0.25) is 4.68 Å². The number of rotatable bonds is 4. The lowest BCUT2D eigenvalue weighted by Crippen LogP contribution is -2.35. The molecule has 1 aromatic rings. The number of aromatic nitrogens is 2. The van der Waals surface area contributed by atoms with Crippen molar-refractivity contribution < 1.29 is 14.3 Å². The molecule has 112 valence electrons. The summed E-state index contributed by atoms with van der Waals surface area (Å²) >= 11 is 6.15. The number of ether oxygens (including phenoxy) is 1. The zero-order chi connectivity index (χ0) is 15.5. The first kappa shape index (κ1) is 16.5. The average Bonchev–Trinajstić information content (AvgIpc) is 2.50. The van der Waals surface area contributed by atoms with Gasteiger partial charge in [-0.2, -0.15) is 5.10 Å². The van der Waals surface area contributed by atoms with E-state index >= 15 is 0 Å². The van der Waals surface area contributed by atoms with Crippen molar-refractivity contribution in [3.05, 3.63) is 16.4 Å². The number of alkyl carbamates (subject to hydrolysis) is 1. The molecule has 1 N–H and O–H groups in total. The molecule has 1 heterocycles. The minimum Gasteiger partial charge on any atom is -0.444 e. The van der Waals surface area contributed by atoms with Gasteiger partial charge >= 0.3 is 6.09 Å². The van der Waals surface area contributed by atoms with Gasteiger partial charge in [0.15, 0.2) is 0 Å². The summed E-state index contributed by atoms with van der Waals surface area (Å²) in [4.78, 5) is 22.6. The third-order valence-corrected chi connectivity index (χ3v) is 3.02. The molecular formula is C13H20ClN3O3. The second-order valence-electron chi connectivity index (χ2n) is 5.51. The minimum atomic E-state index is -0.608. The lowest BCUT2D eigenvalue weighted by Gasteiger charge is -2.23. The monoisotopic (exact) mass is 301 g/mol. The number of hydrogen-bond acceptors (Lipinski definition) is 4. The molecule has 6 nitrogen and oxygen atoms in total. The molecule has 1 atom stereocenters. The highest BCUT2D eigenvalue weighted by Crippen LogP contribution is 2.27. The summed E-state index contributed by atoms with van der Waals surface area (Å²) in [5.74, 6) is 0. The predicted molar refractivity (Wildman–Crippen MR) is 75.7 cm³/mol. The highest BCUT2D eigenvalue weighted by atomic mass is 35.5. The summed E-state index contributed by atoms with van der Waals surface area (Å²) in [7, 11) is 1.70. The van der Waals surface area contributed by atoms with E-state index in [1.54, 1.807) is 34.7 Å². The van der Waals surface area contributed by atoms with Crippen LogP contribution in [0.4, 0.5) is 4.79 Å². The van der Waals surface area contributed by atoms with E-state index in [4.69, 9.17) is 16.3 Å². The van der Waals surface area contributed by atoms with Crippen LogP contribution in [-0.2, 0) is 16.6 Å². The molecular weight excluding hydrogens is 282 g/mol. The maximum Gasteiger partial charge on any atom is 0.408 e. The predicted octanol–water partition coefficient (Wildman–Crippen LogP) is 2.54. The summed E-state index contributed by atoms with van der Waals surface area (Å²) in [6.07, 6.45) is 0.236. The van der Waals surface area contributed by atoms with Crippen molar-refractivity contribution in [2.75, 3.05) is 0 Å². The molecule has 0 aliphatic rings. The first-order chi connectivity index (χ1) is 9.15. The molecule has 1 aromatic heterocycles. The van der Waals surface area contributed by atoms with Gasteiger partial charge in [0.05, 0.1) is 11.7 Å². The summed E-state index contributed by atoms with van der Waals surface area (Å²) in [5.41, 5.74) is 0.691. The standard InChI is InChI=1S/C13H20ClN3O3/c1-8-10(11(14)17(5)16-8)9(6-7-18)15-12(19)20-13(2,3)4/h7,9H,6H2,1-5H3,(H,15,19)/t9-/m0/s1. The molecule has 0 radical (unpaired) electrons. The van der Waals surface area contributed by atoms with Gasteiger partial charge in [-0.1, -0.05) is 11.6 Å². The lowest BCUT2D eigenvalue weighted by molar-refractivity contribution is -0.108. The Morgan fingerprint density at radius 3 is 2.55 bits per heavy atom. The summed E-state index contributed by atoms with van der Waals surface area (Å²) in [5, 5.41) is 7.22. The molecule has 0 bridgehead atoms. The first-order valence-corrected chi connectivity index (χ1v) is 6.65. The van der Waals surface area contributed by atoms with E-state index in [2.05, 4.69) is 10.4 Å². The summed E-state index contributed by atoms with van der Waals surface area (Å²) in [6, 6.07) is -0.552. The Morgan fingerprint density at radius 2 is 2.15 bits per heavy atom. The fourth-order valence-corrected chi connectivity index (χ4v) is 2.14. The van der Waals surface area contributed by atoms with Crippen LogP contribution in [0.1, 0.15) is 44.5 Å². The lowest BCUT2D eigenvalue weighted by atomic mass is 10.1. The summed E-state index contributed by atoms with van der Waals surface area (Å²) in [6.45, 7) is 7.08. The number of nitrogens with one attached hydrogen (secondary N) is 1. The SMILES string of the molecule is Cc1nn(C)c(Cl)c1[C@H](CC=O)NC(=O)OC(C)(C)C. The van der Waals surface area contributed by atoms with Crippen molar-refractivity contribution in [3.63, 3.8) is 0 Å². The normalized spacial score (nSPS) is 12.9. The first-order valence-electron chi connectivity index (χ1n) is 6.28. The molecule has 1 rings (SSSR count). The van der Waals surface area contributed by atoms with Gasteiger partial charge < -0.3 is 14.8 Å². The van der Waals surface area contributed by atoms with Crippen molar-refractivity contribution in [1.82, 2.24) is 15.1 Å². The summed E-state index contributed by atoms with van der Waals surface area (Å²) < 4.78 is 6.69. The molecule has 0 saturated carbocycles. The minimum absolute atomic E-state index is 0.103. The van der Waals surface area contributed by atoms with E-state index in [1.807, 2.05) is 0 Å². The van der Waals surface area contributed by atoms with Crippen LogP contribution < -0.4 is 5.32 Å². The van der Waals surface area contributed by atoms with E-state index in [1.165, 1.54) is 4.68 Å². The van der Waals surface area contributed by atoms with Gasteiger partial charge in [-0.25, -0.2) is 4.79 Å². The zero-order valence-electron chi connectivity index (χ0n) is 12.4. The van der Waals surface area contributed by atoms with Crippen LogP contribution in [0.2, 0.25) is 5.15 Å². The van der Waals surface area contributed by atoms with Gasteiger partial charge in [0.25, 0.3) is 0 Å². The number of halogens is 1. The quantitative estimate of drug-likeness (QED) is 0.867. The number of carbonyl (C=O) groups is 2. The van der Waals surface area contributed by atoms with Crippen LogP contribution in [0.15, 0.2) is 0 Å². The number of amides is 1. The van der Waals surface area contributed by atoms with Crippen LogP contribution in [0.5, 0.6) is 0 Å². The van der Waals surface area contributed by atoms with Gasteiger partial charge in [-0.05, 0) is 27.7 Å². The Morgan fingerprint density at radius 1 is 1.55 bits per heavy atom. The Bertz CT molecular complexity index is 506. The third-order valence-electron chi connectivity index (χ3n) is 2.57. The molecule has 0 fully saturated rings. The number of aryl methyl sites for hydroxylation is 2. The molecule has 20 heavy (non-hydrogen) atoms. The molecule has 0 spiro atoms. The van der Waals surface area contributed by atoms with E-state index in [-0.39, 0.29) is 6.42 Å². The third kappa shape index (κ3) is 4.23. The molecule has 0 aliphatic heterocycles. The van der Waals surface area contributed by atoms with Crippen molar-refractivity contribution in [1.29, 1.82) is 0 Å². The van der Waals surface area contributed by atoms with E-state index in [0.717, 1.165) is 6.29 Å². The molecule has 1 amide bonds.